The SMILES string of the molecule is Cc1noc(C)c1CN1CCN(CCCN)CC1. The first-order chi connectivity index (χ1) is 8.70. The van der Waals surface area contributed by atoms with Crippen molar-refractivity contribution in [2.75, 3.05) is 39.3 Å². The van der Waals surface area contributed by atoms with Gasteiger partial charge in [-0.3, -0.25) is 4.90 Å². The van der Waals surface area contributed by atoms with Crippen LogP contribution in [0.3, 0.4) is 0 Å². The third-order valence-corrected chi connectivity index (χ3v) is 3.71. The van der Waals surface area contributed by atoms with E-state index in [2.05, 4.69) is 15.0 Å². The Hall–Kier alpha value is -0.910. The maximum absolute atomic E-state index is 5.54. The minimum atomic E-state index is 0.791. The molecule has 2 heterocycles. The van der Waals surface area contributed by atoms with Crippen LogP contribution in [-0.4, -0.2) is 54.2 Å². The van der Waals surface area contributed by atoms with Gasteiger partial charge in [0, 0.05) is 38.3 Å². The van der Waals surface area contributed by atoms with Gasteiger partial charge in [0.2, 0.25) is 0 Å². The lowest BCUT2D eigenvalue weighted by molar-refractivity contribution is 0.126. The van der Waals surface area contributed by atoms with E-state index in [9.17, 15) is 0 Å². The second-order valence-electron chi connectivity index (χ2n) is 5.06. The Morgan fingerprint density at radius 1 is 1.17 bits per heavy atom. The van der Waals surface area contributed by atoms with E-state index in [4.69, 9.17) is 10.3 Å². The molecule has 1 aliphatic rings. The molecule has 0 spiro atoms. The van der Waals surface area contributed by atoms with Gasteiger partial charge in [-0.1, -0.05) is 5.16 Å². The van der Waals surface area contributed by atoms with Crippen LogP contribution in [0.1, 0.15) is 23.4 Å². The van der Waals surface area contributed by atoms with Gasteiger partial charge in [-0.05, 0) is 33.4 Å². The zero-order valence-electron chi connectivity index (χ0n) is 11.5. The van der Waals surface area contributed by atoms with Gasteiger partial charge in [0.25, 0.3) is 0 Å². The molecule has 1 aromatic rings. The number of aryl methyl sites for hydroxylation is 2. The summed E-state index contributed by atoms with van der Waals surface area (Å²) in [5.41, 5.74) is 7.82. The second-order valence-corrected chi connectivity index (χ2v) is 5.06. The number of aromatic nitrogens is 1. The molecule has 0 aliphatic carbocycles. The molecule has 2 rings (SSSR count). The molecule has 5 nitrogen and oxygen atoms in total. The summed E-state index contributed by atoms with van der Waals surface area (Å²) in [6.07, 6.45) is 1.10. The molecule has 0 saturated carbocycles. The maximum atomic E-state index is 5.54. The van der Waals surface area contributed by atoms with Crippen LogP contribution in [-0.2, 0) is 6.54 Å². The van der Waals surface area contributed by atoms with Crippen molar-refractivity contribution in [3.8, 4) is 0 Å². The molecule has 102 valence electrons. The summed E-state index contributed by atoms with van der Waals surface area (Å²) in [6.45, 7) is 11.4. The highest BCUT2D eigenvalue weighted by molar-refractivity contribution is 5.20. The summed E-state index contributed by atoms with van der Waals surface area (Å²) in [7, 11) is 0. The molecule has 1 aromatic heterocycles. The first-order valence-electron chi connectivity index (χ1n) is 6.77. The van der Waals surface area contributed by atoms with Gasteiger partial charge in [0.1, 0.15) is 5.76 Å². The zero-order valence-corrected chi connectivity index (χ0v) is 11.5. The van der Waals surface area contributed by atoms with Crippen LogP contribution in [0, 0.1) is 13.8 Å². The van der Waals surface area contributed by atoms with E-state index in [0.717, 1.165) is 63.7 Å². The average molecular weight is 252 g/mol. The summed E-state index contributed by atoms with van der Waals surface area (Å²) in [5, 5.41) is 4.01. The van der Waals surface area contributed by atoms with E-state index >= 15 is 0 Å². The van der Waals surface area contributed by atoms with Crippen LogP contribution < -0.4 is 5.73 Å². The number of piperazine rings is 1. The van der Waals surface area contributed by atoms with Crippen LogP contribution in [0.4, 0.5) is 0 Å². The number of hydrogen-bond donors (Lipinski definition) is 1. The Labute approximate surface area is 109 Å². The smallest absolute Gasteiger partial charge is 0.138 e. The van der Waals surface area contributed by atoms with E-state index in [1.165, 1.54) is 5.56 Å². The summed E-state index contributed by atoms with van der Waals surface area (Å²) in [5.74, 6) is 0.957. The third-order valence-electron chi connectivity index (χ3n) is 3.71. The quantitative estimate of drug-likeness (QED) is 0.838. The topological polar surface area (TPSA) is 58.5 Å². The predicted octanol–water partition coefficient (Wildman–Crippen LogP) is 0.758. The van der Waals surface area contributed by atoms with Crippen molar-refractivity contribution in [3.63, 3.8) is 0 Å². The molecule has 18 heavy (non-hydrogen) atoms. The van der Waals surface area contributed by atoms with Crippen LogP contribution in [0.5, 0.6) is 0 Å². The third kappa shape index (κ3) is 3.31. The Morgan fingerprint density at radius 2 is 1.83 bits per heavy atom. The lowest BCUT2D eigenvalue weighted by atomic mass is 10.2. The van der Waals surface area contributed by atoms with Crippen LogP contribution in [0.25, 0.3) is 0 Å². The Balaban J connectivity index is 1.80. The van der Waals surface area contributed by atoms with Crippen molar-refractivity contribution >= 4 is 0 Å². The predicted molar refractivity (Wildman–Crippen MR) is 71.4 cm³/mol. The fraction of sp³-hybridized carbons (Fsp3) is 0.769. The lowest BCUT2D eigenvalue weighted by Crippen LogP contribution is -2.46. The highest BCUT2D eigenvalue weighted by atomic mass is 16.5. The molecule has 0 aromatic carbocycles. The summed E-state index contributed by atoms with van der Waals surface area (Å²) >= 11 is 0. The van der Waals surface area contributed by atoms with E-state index in [-0.39, 0.29) is 0 Å². The second kappa shape index (κ2) is 6.31. The van der Waals surface area contributed by atoms with Crippen molar-refractivity contribution in [2.24, 2.45) is 5.73 Å². The molecule has 0 bridgehead atoms. The summed E-state index contributed by atoms with van der Waals surface area (Å²) < 4.78 is 5.21. The monoisotopic (exact) mass is 252 g/mol. The molecule has 2 N–H and O–H groups in total. The molecule has 0 amide bonds. The van der Waals surface area contributed by atoms with Crippen LogP contribution in [0.2, 0.25) is 0 Å². The minimum Gasteiger partial charge on any atom is -0.361 e. The molecular formula is C13H24N4O. The number of hydrogen-bond acceptors (Lipinski definition) is 5. The van der Waals surface area contributed by atoms with E-state index in [1.807, 2.05) is 13.8 Å². The van der Waals surface area contributed by atoms with Gasteiger partial charge < -0.3 is 15.2 Å². The maximum Gasteiger partial charge on any atom is 0.138 e. The molecule has 1 saturated heterocycles. The van der Waals surface area contributed by atoms with Gasteiger partial charge in [0.05, 0.1) is 5.69 Å². The fourth-order valence-electron chi connectivity index (χ4n) is 2.44. The summed E-state index contributed by atoms with van der Waals surface area (Å²) in [6, 6.07) is 0. The number of nitrogens with zero attached hydrogens (tertiary/aromatic N) is 3. The Bertz CT molecular complexity index is 350. The summed E-state index contributed by atoms with van der Waals surface area (Å²) in [4.78, 5) is 4.97. The van der Waals surface area contributed by atoms with Gasteiger partial charge in [-0.2, -0.15) is 0 Å². The van der Waals surface area contributed by atoms with E-state index < -0.39 is 0 Å². The molecule has 0 unspecified atom stereocenters. The van der Waals surface area contributed by atoms with Gasteiger partial charge in [0.15, 0.2) is 0 Å². The lowest BCUT2D eigenvalue weighted by Gasteiger charge is -2.34. The molecule has 1 aliphatic heterocycles. The first-order valence-corrected chi connectivity index (χ1v) is 6.77. The minimum absolute atomic E-state index is 0.791. The molecule has 5 heteroatoms. The fourth-order valence-corrected chi connectivity index (χ4v) is 2.44. The number of rotatable bonds is 5. The van der Waals surface area contributed by atoms with Crippen LogP contribution in [0.15, 0.2) is 4.52 Å². The van der Waals surface area contributed by atoms with Crippen molar-refractivity contribution < 1.29 is 4.52 Å². The van der Waals surface area contributed by atoms with Gasteiger partial charge in [-0.25, -0.2) is 0 Å². The molecule has 0 atom stereocenters. The highest BCUT2D eigenvalue weighted by Crippen LogP contribution is 2.16. The first kappa shape index (κ1) is 13.5. The van der Waals surface area contributed by atoms with Crippen molar-refractivity contribution in [1.82, 2.24) is 15.0 Å². The Morgan fingerprint density at radius 3 is 2.39 bits per heavy atom. The molecule has 0 radical (unpaired) electrons. The van der Waals surface area contributed by atoms with E-state index in [1.54, 1.807) is 0 Å². The largest absolute Gasteiger partial charge is 0.361 e. The normalized spacial score (nSPS) is 18.4. The standard InChI is InChI=1S/C13H24N4O/c1-11-13(12(2)18-15-11)10-17-8-6-16(7-9-17)5-3-4-14/h3-10,14H2,1-2H3. The highest BCUT2D eigenvalue weighted by Gasteiger charge is 2.19. The molecular weight excluding hydrogens is 228 g/mol. The van der Waals surface area contributed by atoms with Crippen molar-refractivity contribution in [3.05, 3.63) is 17.0 Å². The Kier molecular flexibility index (Phi) is 4.74. The zero-order chi connectivity index (χ0) is 13.0. The van der Waals surface area contributed by atoms with Gasteiger partial charge in [-0.15, -0.1) is 0 Å². The van der Waals surface area contributed by atoms with Crippen LogP contribution >= 0.6 is 0 Å². The average Bonchev–Trinajstić information content (AvgIpc) is 2.70. The number of nitrogens with two attached hydrogens (primary N) is 1. The van der Waals surface area contributed by atoms with Gasteiger partial charge >= 0.3 is 0 Å². The van der Waals surface area contributed by atoms with Crippen molar-refractivity contribution in [2.45, 2.75) is 26.8 Å². The molecule has 1 fully saturated rings. The van der Waals surface area contributed by atoms with E-state index in [0.29, 0.717) is 0 Å². The van der Waals surface area contributed by atoms with Crippen molar-refractivity contribution in [1.29, 1.82) is 0 Å².